The lowest BCUT2D eigenvalue weighted by molar-refractivity contribution is -0.127. The molecule has 0 spiro atoms. The zero-order valence-electron chi connectivity index (χ0n) is 15.8. The molecule has 1 unspecified atom stereocenters. The topological polar surface area (TPSA) is 134 Å². The standard InChI is InChI=1S/C20H19N5O4/c1-11-7-3-5-9-13(11)22-17(26)15-16(23-24-20(21)29)19(28)25(18(15)27)14-10-6-4-8-12(14)2/h3-10,15H,1-2H3,(H,22,26)(H3,21,24,29)/b23-16-. The van der Waals surface area contributed by atoms with Crippen molar-refractivity contribution in [3.8, 4) is 0 Å². The van der Waals surface area contributed by atoms with Crippen molar-refractivity contribution in [3.05, 3.63) is 59.7 Å². The molecular weight excluding hydrogens is 374 g/mol. The molecule has 1 saturated heterocycles. The molecule has 9 nitrogen and oxygen atoms in total. The van der Waals surface area contributed by atoms with Crippen LogP contribution in [0, 0.1) is 19.8 Å². The van der Waals surface area contributed by atoms with Crippen molar-refractivity contribution in [2.45, 2.75) is 13.8 Å². The van der Waals surface area contributed by atoms with Gasteiger partial charge in [-0.2, -0.15) is 5.10 Å². The SMILES string of the molecule is Cc1ccccc1NC(=O)C1C(=O)N(c2ccccc2C)C(=O)/C1=N\NC(N)=O. The van der Waals surface area contributed by atoms with E-state index in [1.807, 2.05) is 5.43 Å². The first kappa shape index (κ1) is 19.7. The Balaban J connectivity index is 2.01. The quantitative estimate of drug-likeness (QED) is 0.412. The van der Waals surface area contributed by atoms with Gasteiger partial charge in [0.05, 0.1) is 5.69 Å². The number of carbonyl (C=O) groups is 4. The summed E-state index contributed by atoms with van der Waals surface area (Å²) in [5.74, 6) is -3.84. The molecule has 3 rings (SSSR count). The minimum Gasteiger partial charge on any atom is -0.350 e. The van der Waals surface area contributed by atoms with Crippen LogP contribution in [-0.2, 0) is 14.4 Å². The van der Waals surface area contributed by atoms with Crippen LogP contribution >= 0.6 is 0 Å². The summed E-state index contributed by atoms with van der Waals surface area (Å²) in [6.07, 6.45) is 0. The van der Waals surface area contributed by atoms with Gasteiger partial charge in [-0.25, -0.2) is 15.1 Å². The molecule has 0 aromatic heterocycles. The highest BCUT2D eigenvalue weighted by Gasteiger charge is 2.50. The fraction of sp³-hybridized carbons (Fsp3) is 0.150. The highest BCUT2D eigenvalue weighted by Crippen LogP contribution is 2.29. The maximum atomic E-state index is 13.1. The van der Waals surface area contributed by atoms with E-state index < -0.39 is 35.4 Å². The predicted octanol–water partition coefficient (Wildman–Crippen LogP) is 1.46. The van der Waals surface area contributed by atoms with E-state index in [1.54, 1.807) is 62.4 Å². The van der Waals surface area contributed by atoms with E-state index in [1.165, 1.54) is 0 Å². The van der Waals surface area contributed by atoms with E-state index in [9.17, 15) is 19.2 Å². The molecule has 1 aliphatic rings. The zero-order valence-corrected chi connectivity index (χ0v) is 15.8. The number of nitrogens with zero attached hydrogens (tertiary/aromatic N) is 2. The summed E-state index contributed by atoms with van der Waals surface area (Å²) >= 11 is 0. The second kappa shape index (κ2) is 7.93. The molecule has 2 aromatic rings. The Kier molecular flexibility index (Phi) is 5.40. The average molecular weight is 393 g/mol. The van der Waals surface area contributed by atoms with Gasteiger partial charge in [0.1, 0.15) is 5.71 Å². The van der Waals surface area contributed by atoms with Crippen molar-refractivity contribution >= 4 is 40.8 Å². The maximum Gasteiger partial charge on any atom is 0.332 e. The van der Waals surface area contributed by atoms with Crippen molar-refractivity contribution in [1.29, 1.82) is 0 Å². The first-order valence-corrected chi connectivity index (χ1v) is 8.74. The summed E-state index contributed by atoms with van der Waals surface area (Å²) in [7, 11) is 0. The lowest BCUT2D eigenvalue weighted by Gasteiger charge is -2.16. The van der Waals surface area contributed by atoms with Crippen molar-refractivity contribution < 1.29 is 19.2 Å². The maximum absolute atomic E-state index is 13.1. The minimum absolute atomic E-state index is 0.334. The van der Waals surface area contributed by atoms with Gasteiger partial charge < -0.3 is 11.1 Å². The molecule has 1 heterocycles. The minimum atomic E-state index is -1.53. The second-order valence-electron chi connectivity index (χ2n) is 6.48. The number of benzene rings is 2. The first-order valence-electron chi connectivity index (χ1n) is 8.74. The molecule has 0 radical (unpaired) electrons. The largest absolute Gasteiger partial charge is 0.350 e. The fourth-order valence-corrected chi connectivity index (χ4v) is 3.01. The molecule has 29 heavy (non-hydrogen) atoms. The molecule has 2 aromatic carbocycles. The Labute approximate surface area is 166 Å². The first-order chi connectivity index (χ1) is 13.8. The third kappa shape index (κ3) is 3.84. The van der Waals surface area contributed by atoms with E-state index in [0.717, 1.165) is 10.5 Å². The van der Waals surface area contributed by atoms with Crippen LogP contribution in [0.15, 0.2) is 53.6 Å². The summed E-state index contributed by atoms with van der Waals surface area (Å²) < 4.78 is 0. The van der Waals surface area contributed by atoms with Crippen LogP contribution < -0.4 is 21.4 Å². The Bertz CT molecular complexity index is 1050. The molecule has 4 N–H and O–H groups in total. The number of hydrazone groups is 1. The smallest absolute Gasteiger partial charge is 0.332 e. The highest BCUT2D eigenvalue weighted by atomic mass is 16.2. The second-order valence-corrected chi connectivity index (χ2v) is 6.48. The molecule has 5 amide bonds. The molecule has 0 aliphatic carbocycles. The van der Waals surface area contributed by atoms with E-state index in [0.29, 0.717) is 16.9 Å². The van der Waals surface area contributed by atoms with Gasteiger partial charge in [-0.05, 0) is 37.1 Å². The molecular formula is C20H19N5O4. The van der Waals surface area contributed by atoms with Gasteiger partial charge in [0, 0.05) is 5.69 Å². The van der Waals surface area contributed by atoms with Crippen LogP contribution in [0.2, 0.25) is 0 Å². The molecule has 0 saturated carbocycles. The normalized spacial score (nSPS) is 17.5. The van der Waals surface area contributed by atoms with Crippen molar-refractivity contribution in [1.82, 2.24) is 5.43 Å². The summed E-state index contributed by atoms with van der Waals surface area (Å²) in [5, 5.41) is 6.29. The van der Waals surface area contributed by atoms with Gasteiger partial charge in [0.2, 0.25) is 5.91 Å². The van der Waals surface area contributed by atoms with E-state index in [2.05, 4.69) is 10.4 Å². The number of amides is 5. The predicted molar refractivity (Wildman–Crippen MR) is 107 cm³/mol. The van der Waals surface area contributed by atoms with Gasteiger partial charge in [-0.3, -0.25) is 14.4 Å². The number of anilines is 2. The number of primary amides is 1. The molecule has 1 atom stereocenters. The van der Waals surface area contributed by atoms with Gasteiger partial charge >= 0.3 is 6.03 Å². The van der Waals surface area contributed by atoms with Crippen LogP contribution in [0.1, 0.15) is 11.1 Å². The van der Waals surface area contributed by atoms with Gasteiger partial charge in [0.25, 0.3) is 11.8 Å². The number of para-hydroxylation sites is 2. The van der Waals surface area contributed by atoms with E-state index in [4.69, 9.17) is 5.73 Å². The highest BCUT2D eigenvalue weighted by molar-refractivity contribution is 6.61. The third-order valence-electron chi connectivity index (χ3n) is 4.47. The van der Waals surface area contributed by atoms with Crippen LogP contribution in [0.25, 0.3) is 0 Å². The van der Waals surface area contributed by atoms with Crippen LogP contribution in [-0.4, -0.2) is 29.5 Å². The lowest BCUT2D eigenvalue weighted by Crippen LogP contribution is -2.35. The van der Waals surface area contributed by atoms with Gasteiger partial charge in [-0.1, -0.05) is 36.4 Å². The molecule has 1 aliphatic heterocycles. The van der Waals surface area contributed by atoms with Crippen LogP contribution in [0.3, 0.4) is 0 Å². The lowest BCUT2D eigenvalue weighted by atomic mass is 10.0. The van der Waals surface area contributed by atoms with E-state index in [-0.39, 0.29) is 0 Å². The van der Waals surface area contributed by atoms with Crippen molar-refractivity contribution in [2.24, 2.45) is 16.8 Å². The Hall–Kier alpha value is -4.01. The average Bonchev–Trinajstić information content (AvgIpc) is 2.92. The molecule has 1 fully saturated rings. The fourth-order valence-electron chi connectivity index (χ4n) is 3.01. The van der Waals surface area contributed by atoms with Gasteiger partial charge in [0.15, 0.2) is 5.92 Å². The zero-order chi connectivity index (χ0) is 21.1. The van der Waals surface area contributed by atoms with Crippen molar-refractivity contribution in [3.63, 3.8) is 0 Å². The Morgan fingerprint density at radius 1 is 1.00 bits per heavy atom. The Morgan fingerprint density at radius 3 is 2.24 bits per heavy atom. The number of aryl methyl sites for hydroxylation is 2. The summed E-state index contributed by atoms with van der Waals surface area (Å²) in [4.78, 5) is 50.8. The van der Waals surface area contributed by atoms with Crippen molar-refractivity contribution in [2.75, 3.05) is 10.2 Å². The van der Waals surface area contributed by atoms with Crippen LogP contribution in [0.5, 0.6) is 0 Å². The number of carbonyl (C=O) groups excluding carboxylic acids is 4. The number of hydrogen-bond acceptors (Lipinski definition) is 5. The molecule has 9 heteroatoms. The number of urea groups is 1. The monoisotopic (exact) mass is 393 g/mol. The summed E-state index contributed by atoms with van der Waals surface area (Å²) in [6, 6.07) is 12.7. The van der Waals surface area contributed by atoms with Crippen LogP contribution in [0.4, 0.5) is 16.2 Å². The molecule has 148 valence electrons. The van der Waals surface area contributed by atoms with E-state index >= 15 is 0 Å². The third-order valence-corrected chi connectivity index (χ3v) is 4.47. The van der Waals surface area contributed by atoms with Gasteiger partial charge in [-0.15, -0.1) is 0 Å². The summed E-state index contributed by atoms with van der Waals surface area (Å²) in [6.45, 7) is 3.52. The Morgan fingerprint density at radius 2 is 1.62 bits per heavy atom. The number of imide groups is 1. The number of nitrogens with two attached hydrogens (primary N) is 1. The molecule has 0 bridgehead atoms. The number of nitrogens with one attached hydrogen (secondary N) is 2. The summed E-state index contributed by atoms with van der Waals surface area (Å²) in [5.41, 5.74) is 8.81. The number of rotatable bonds is 4. The number of hydrogen-bond donors (Lipinski definition) is 3.